The lowest BCUT2D eigenvalue weighted by Gasteiger charge is -2.34. The maximum atomic E-state index is 13.3. The van der Waals surface area contributed by atoms with E-state index in [9.17, 15) is 27.6 Å². The first-order chi connectivity index (χ1) is 17.6. The Morgan fingerprint density at radius 1 is 1.00 bits per heavy atom. The van der Waals surface area contributed by atoms with E-state index in [0.29, 0.717) is 41.8 Å². The van der Waals surface area contributed by atoms with Gasteiger partial charge in [0.25, 0.3) is 0 Å². The van der Waals surface area contributed by atoms with Gasteiger partial charge in [-0.2, -0.15) is 13.2 Å². The summed E-state index contributed by atoms with van der Waals surface area (Å²) in [6, 6.07) is 15.2. The number of carbonyl (C=O) groups excluding carboxylic acids is 3. The molecule has 0 saturated carbocycles. The van der Waals surface area contributed by atoms with Crippen LogP contribution in [0, 0.1) is 6.92 Å². The second-order valence-corrected chi connectivity index (χ2v) is 8.72. The van der Waals surface area contributed by atoms with Gasteiger partial charge in [0.05, 0.1) is 11.1 Å². The number of nitrogens with two attached hydrogens (primary N) is 1. The molecular formula is C27H25F3N4O3. The highest BCUT2D eigenvalue weighted by atomic mass is 19.4. The van der Waals surface area contributed by atoms with Crippen molar-refractivity contribution in [2.75, 3.05) is 16.8 Å². The second kappa shape index (κ2) is 10.3. The van der Waals surface area contributed by atoms with Crippen LogP contribution in [0.4, 0.5) is 29.3 Å². The average Bonchev–Trinajstić information content (AvgIpc) is 2.85. The number of piperidine rings is 1. The van der Waals surface area contributed by atoms with Crippen LogP contribution < -0.4 is 21.3 Å². The minimum atomic E-state index is -4.48. The van der Waals surface area contributed by atoms with E-state index in [-0.39, 0.29) is 11.6 Å². The van der Waals surface area contributed by atoms with Crippen LogP contribution in [-0.2, 0) is 11.0 Å². The van der Waals surface area contributed by atoms with E-state index in [1.54, 1.807) is 19.1 Å². The molecule has 0 aromatic heterocycles. The minimum Gasteiger partial charge on any atom is -0.366 e. The largest absolute Gasteiger partial charge is 0.416 e. The zero-order chi connectivity index (χ0) is 26.7. The molecule has 192 valence electrons. The van der Waals surface area contributed by atoms with Crippen LogP contribution in [0.25, 0.3) is 11.1 Å². The molecule has 1 heterocycles. The third kappa shape index (κ3) is 5.58. The van der Waals surface area contributed by atoms with Gasteiger partial charge in [-0.15, -0.1) is 0 Å². The Hall–Kier alpha value is -4.34. The molecule has 1 saturated heterocycles. The second-order valence-electron chi connectivity index (χ2n) is 8.72. The lowest BCUT2D eigenvalue weighted by molar-refractivity contribution is -0.137. The Bertz CT molecular complexity index is 1330. The summed E-state index contributed by atoms with van der Waals surface area (Å²) in [7, 11) is 0. The molecule has 3 aromatic carbocycles. The van der Waals surface area contributed by atoms with Gasteiger partial charge in [0.1, 0.15) is 6.04 Å². The monoisotopic (exact) mass is 510 g/mol. The van der Waals surface area contributed by atoms with Crippen molar-refractivity contribution in [3.63, 3.8) is 0 Å². The summed E-state index contributed by atoms with van der Waals surface area (Å²) in [4.78, 5) is 39.7. The third-order valence-corrected chi connectivity index (χ3v) is 6.27. The van der Waals surface area contributed by atoms with Crippen molar-refractivity contribution in [2.24, 2.45) is 5.73 Å². The topological polar surface area (TPSA) is 105 Å². The minimum absolute atomic E-state index is 0.157. The van der Waals surface area contributed by atoms with Crippen LogP contribution in [0.3, 0.4) is 0 Å². The molecule has 1 unspecified atom stereocenters. The summed E-state index contributed by atoms with van der Waals surface area (Å²) < 4.78 is 38.2. The van der Waals surface area contributed by atoms with E-state index in [1.165, 1.54) is 4.90 Å². The lowest BCUT2D eigenvalue weighted by Crippen LogP contribution is -2.53. The van der Waals surface area contributed by atoms with E-state index >= 15 is 0 Å². The third-order valence-electron chi connectivity index (χ3n) is 6.27. The van der Waals surface area contributed by atoms with Gasteiger partial charge in [0.15, 0.2) is 0 Å². The van der Waals surface area contributed by atoms with E-state index in [0.717, 1.165) is 29.8 Å². The first kappa shape index (κ1) is 25.7. The zero-order valence-corrected chi connectivity index (χ0v) is 19.9. The SMILES string of the molecule is Cc1c(N2CCCC(NC(=O)Nc3ccc(C(F)(F)F)cc3)C2=O)ccc(-c2ccccc2)c1C(N)=O. The molecule has 4 rings (SSSR count). The molecule has 1 aliphatic heterocycles. The van der Waals surface area contributed by atoms with Crippen LogP contribution in [-0.4, -0.2) is 30.4 Å². The van der Waals surface area contributed by atoms with Crippen molar-refractivity contribution in [1.82, 2.24) is 5.32 Å². The van der Waals surface area contributed by atoms with Gasteiger partial charge in [0, 0.05) is 17.9 Å². The maximum absolute atomic E-state index is 13.3. The standard InChI is InChI=1S/C27H25F3N4O3/c1-16-22(14-13-20(23(16)24(31)35)17-6-3-2-4-7-17)34-15-5-8-21(25(34)36)33-26(37)32-19-11-9-18(10-12-19)27(28,29)30/h2-4,6-7,9-14,21H,5,8,15H2,1H3,(H2,31,35)(H2,32,33,37). The average molecular weight is 511 g/mol. The summed E-state index contributed by atoms with van der Waals surface area (Å²) in [5.41, 5.74) is 7.90. The van der Waals surface area contributed by atoms with Gasteiger partial charge < -0.3 is 21.3 Å². The number of hydrogen-bond donors (Lipinski definition) is 3. The molecular weight excluding hydrogens is 485 g/mol. The van der Waals surface area contributed by atoms with Crippen LogP contribution in [0.5, 0.6) is 0 Å². The zero-order valence-electron chi connectivity index (χ0n) is 19.9. The van der Waals surface area contributed by atoms with Gasteiger partial charge in [-0.25, -0.2) is 4.79 Å². The Morgan fingerprint density at radius 3 is 2.30 bits per heavy atom. The number of urea groups is 1. The van der Waals surface area contributed by atoms with Crippen molar-refractivity contribution < 1.29 is 27.6 Å². The summed E-state index contributed by atoms with van der Waals surface area (Å²) in [6.45, 7) is 2.12. The van der Waals surface area contributed by atoms with Gasteiger partial charge in [-0.1, -0.05) is 36.4 Å². The Balaban J connectivity index is 1.51. The first-order valence-electron chi connectivity index (χ1n) is 11.6. The Morgan fingerprint density at radius 2 is 1.68 bits per heavy atom. The molecule has 1 atom stereocenters. The van der Waals surface area contributed by atoms with Crippen molar-refractivity contribution in [1.29, 1.82) is 0 Å². The van der Waals surface area contributed by atoms with Gasteiger partial charge in [0.2, 0.25) is 11.8 Å². The fourth-order valence-corrected chi connectivity index (χ4v) is 4.49. The molecule has 4 amide bonds. The van der Waals surface area contributed by atoms with Crippen LogP contribution in [0.2, 0.25) is 0 Å². The Labute approximate surface area is 211 Å². The number of carbonyl (C=O) groups is 3. The van der Waals surface area contributed by atoms with Gasteiger partial charge in [-0.05, 0) is 66.8 Å². The van der Waals surface area contributed by atoms with Crippen LogP contribution >= 0.6 is 0 Å². The highest BCUT2D eigenvalue weighted by Gasteiger charge is 2.33. The fourth-order valence-electron chi connectivity index (χ4n) is 4.49. The highest BCUT2D eigenvalue weighted by molar-refractivity contribution is 6.06. The summed E-state index contributed by atoms with van der Waals surface area (Å²) in [5, 5.41) is 5.06. The van der Waals surface area contributed by atoms with Crippen molar-refractivity contribution in [2.45, 2.75) is 32.0 Å². The highest BCUT2D eigenvalue weighted by Crippen LogP contribution is 2.34. The van der Waals surface area contributed by atoms with E-state index in [4.69, 9.17) is 5.73 Å². The molecule has 1 fully saturated rings. The molecule has 3 aromatic rings. The van der Waals surface area contributed by atoms with Crippen LogP contribution in [0.1, 0.15) is 34.3 Å². The number of halogens is 3. The summed E-state index contributed by atoms with van der Waals surface area (Å²) >= 11 is 0. The molecule has 10 heteroatoms. The molecule has 0 spiro atoms. The van der Waals surface area contributed by atoms with Crippen molar-refractivity contribution in [3.8, 4) is 11.1 Å². The molecule has 0 aliphatic carbocycles. The van der Waals surface area contributed by atoms with E-state index in [1.807, 2.05) is 30.3 Å². The number of primary amides is 1. The molecule has 7 nitrogen and oxygen atoms in total. The molecule has 0 radical (unpaired) electrons. The van der Waals surface area contributed by atoms with Gasteiger partial charge >= 0.3 is 12.2 Å². The van der Waals surface area contributed by atoms with Crippen molar-refractivity contribution in [3.05, 3.63) is 83.4 Å². The fraction of sp³-hybridized carbons (Fsp3) is 0.222. The Kier molecular flexibility index (Phi) is 7.19. The van der Waals surface area contributed by atoms with Gasteiger partial charge in [-0.3, -0.25) is 9.59 Å². The number of nitrogens with one attached hydrogen (secondary N) is 2. The summed E-state index contributed by atoms with van der Waals surface area (Å²) in [6.07, 6.45) is -3.51. The lowest BCUT2D eigenvalue weighted by atomic mass is 9.93. The molecule has 1 aliphatic rings. The predicted octanol–water partition coefficient (Wildman–Crippen LogP) is 5.10. The smallest absolute Gasteiger partial charge is 0.366 e. The first-order valence-corrected chi connectivity index (χ1v) is 11.6. The number of benzene rings is 3. The molecule has 4 N–H and O–H groups in total. The number of rotatable bonds is 5. The number of amides is 4. The molecule has 37 heavy (non-hydrogen) atoms. The van der Waals surface area contributed by atoms with E-state index in [2.05, 4.69) is 10.6 Å². The number of nitrogens with zero attached hydrogens (tertiary/aromatic N) is 1. The number of alkyl halides is 3. The maximum Gasteiger partial charge on any atom is 0.416 e. The number of anilines is 2. The van der Waals surface area contributed by atoms with E-state index < -0.39 is 29.7 Å². The van der Waals surface area contributed by atoms with Crippen LogP contribution in [0.15, 0.2) is 66.7 Å². The molecule has 0 bridgehead atoms. The van der Waals surface area contributed by atoms with Crippen molar-refractivity contribution >= 4 is 29.2 Å². The number of hydrogen-bond acceptors (Lipinski definition) is 3. The quantitative estimate of drug-likeness (QED) is 0.445. The normalized spacial score (nSPS) is 15.8. The predicted molar refractivity (Wildman–Crippen MR) is 134 cm³/mol. The summed E-state index contributed by atoms with van der Waals surface area (Å²) in [5.74, 6) is -0.979.